The summed E-state index contributed by atoms with van der Waals surface area (Å²) in [5.41, 5.74) is 1.26. The number of rotatable bonds is 2. The zero-order valence-corrected chi connectivity index (χ0v) is 6.99. The van der Waals surface area contributed by atoms with E-state index in [1.807, 2.05) is 0 Å². The van der Waals surface area contributed by atoms with Crippen molar-refractivity contribution in [3.8, 4) is 0 Å². The molecule has 1 aromatic rings. The van der Waals surface area contributed by atoms with Crippen LogP contribution in [0.4, 0.5) is 4.39 Å². The fourth-order valence-electron chi connectivity index (χ4n) is 0.844. The van der Waals surface area contributed by atoms with Crippen molar-refractivity contribution in [3.63, 3.8) is 0 Å². The molecule has 0 saturated carbocycles. The minimum Gasteiger partial charge on any atom is -0.476 e. The van der Waals surface area contributed by atoms with Gasteiger partial charge >= 0.3 is 5.97 Å². The van der Waals surface area contributed by atoms with Crippen LogP contribution in [0.3, 0.4) is 0 Å². The van der Waals surface area contributed by atoms with Gasteiger partial charge in [0, 0.05) is 12.4 Å². The van der Waals surface area contributed by atoms with E-state index >= 15 is 0 Å². The molecular weight excluding hydrogens is 173 g/mol. The molecule has 0 bridgehead atoms. The van der Waals surface area contributed by atoms with Crippen LogP contribution in [0.2, 0.25) is 0 Å². The maximum atomic E-state index is 12.6. The zero-order valence-electron chi connectivity index (χ0n) is 6.99. The third-order valence-corrected chi connectivity index (χ3v) is 1.55. The molecule has 68 valence electrons. The first kappa shape index (κ1) is 9.38. The van der Waals surface area contributed by atoms with Gasteiger partial charge in [0.15, 0.2) is 0 Å². The maximum Gasteiger partial charge on any atom is 0.364 e. The molecule has 0 atom stereocenters. The smallest absolute Gasteiger partial charge is 0.364 e. The van der Waals surface area contributed by atoms with E-state index in [1.54, 1.807) is 19.2 Å². The number of carboxylic acids is 1. The number of carbonyl (C=O) groups is 1. The summed E-state index contributed by atoms with van der Waals surface area (Å²) in [6.07, 6.45) is 3.99. The second kappa shape index (κ2) is 3.80. The molecule has 0 aliphatic carbocycles. The van der Waals surface area contributed by atoms with Crippen molar-refractivity contribution in [3.05, 3.63) is 35.4 Å². The Bertz CT molecular complexity index is 360. The van der Waals surface area contributed by atoms with Gasteiger partial charge in [-0.2, -0.15) is 4.39 Å². The van der Waals surface area contributed by atoms with Crippen LogP contribution < -0.4 is 0 Å². The predicted octanol–water partition coefficient (Wildman–Crippen LogP) is 1.79. The fourth-order valence-corrected chi connectivity index (χ4v) is 0.844. The van der Waals surface area contributed by atoms with Crippen LogP contribution >= 0.6 is 0 Å². The average Bonchev–Trinajstić information content (AvgIpc) is 2.08. The Labute approximate surface area is 74.5 Å². The van der Waals surface area contributed by atoms with E-state index in [0.29, 0.717) is 5.56 Å². The molecule has 1 heterocycles. The van der Waals surface area contributed by atoms with Gasteiger partial charge in [0.2, 0.25) is 5.83 Å². The molecule has 1 N–H and O–H groups in total. The summed E-state index contributed by atoms with van der Waals surface area (Å²) in [5.74, 6) is -2.73. The number of pyridine rings is 1. The first-order valence-electron chi connectivity index (χ1n) is 3.62. The topological polar surface area (TPSA) is 50.2 Å². The Balaban J connectivity index is 3.04. The number of aliphatic carboxylic acids is 1. The number of nitrogens with zero attached hydrogens (tertiary/aromatic N) is 1. The van der Waals surface area contributed by atoms with Gasteiger partial charge in [-0.1, -0.05) is 0 Å². The van der Waals surface area contributed by atoms with Gasteiger partial charge in [0.1, 0.15) is 0 Å². The highest BCUT2D eigenvalue weighted by molar-refractivity contribution is 5.89. The average molecular weight is 181 g/mol. The molecule has 1 aromatic heterocycles. The van der Waals surface area contributed by atoms with E-state index in [-0.39, 0.29) is 0 Å². The number of hydrogen-bond donors (Lipinski definition) is 1. The second-order valence-electron chi connectivity index (χ2n) is 2.53. The van der Waals surface area contributed by atoms with Crippen molar-refractivity contribution < 1.29 is 14.3 Å². The number of aromatic nitrogens is 1. The lowest BCUT2D eigenvalue weighted by molar-refractivity contribution is -0.134. The van der Waals surface area contributed by atoms with Crippen LogP contribution in [0.1, 0.15) is 11.1 Å². The predicted molar refractivity (Wildman–Crippen MR) is 45.7 cm³/mol. The lowest BCUT2D eigenvalue weighted by Crippen LogP contribution is -1.94. The summed E-state index contributed by atoms with van der Waals surface area (Å²) < 4.78 is 12.6. The van der Waals surface area contributed by atoms with Gasteiger partial charge < -0.3 is 5.11 Å². The molecule has 0 fully saturated rings. The quantitative estimate of drug-likeness (QED) is 0.707. The molecule has 0 aliphatic heterocycles. The lowest BCUT2D eigenvalue weighted by Gasteiger charge is -1.97. The summed E-state index contributed by atoms with van der Waals surface area (Å²) in [4.78, 5) is 14.0. The molecule has 0 aliphatic rings. The summed E-state index contributed by atoms with van der Waals surface area (Å²) >= 11 is 0. The van der Waals surface area contributed by atoms with E-state index in [9.17, 15) is 9.18 Å². The van der Waals surface area contributed by atoms with Crippen LogP contribution in [-0.2, 0) is 4.79 Å². The fraction of sp³-hybridized carbons (Fsp3) is 0.111. The van der Waals surface area contributed by atoms with Gasteiger partial charge in [-0.25, -0.2) is 4.79 Å². The minimum atomic E-state index is -1.56. The van der Waals surface area contributed by atoms with E-state index in [1.165, 1.54) is 6.20 Å². The largest absolute Gasteiger partial charge is 0.476 e. The minimum absolute atomic E-state index is 0.523. The Morgan fingerprint density at radius 3 is 2.92 bits per heavy atom. The Hall–Kier alpha value is -1.71. The summed E-state index contributed by atoms with van der Waals surface area (Å²) in [5, 5.41) is 8.28. The standard InChI is InChI=1S/C9H8FNO2/c1-6-5-11-3-2-7(6)4-8(10)9(12)13/h2-5H,1H3,(H,12,13)/b8-4-. The van der Waals surface area contributed by atoms with E-state index in [0.717, 1.165) is 11.6 Å². The van der Waals surface area contributed by atoms with Gasteiger partial charge in [0.05, 0.1) is 0 Å². The second-order valence-corrected chi connectivity index (χ2v) is 2.53. The van der Waals surface area contributed by atoms with E-state index in [2.05, 4.69) is 4.98 Å². The van der Waals surface area contributed by atoms with Gasteiger partial charge in [-0.3, -0.25) is 4.98 Å². The number of carboxylic acid groups (broad SMARTS) is 1. The van der Waals surface area contributed by atoms with Crippen LogP contribution in [-0.4, -0.2) is 16.1 Å². The molecule has 13 heavy (non-hydrogen) atoms. The molecule has 1 rings (SSSR count). The summed E-state index contributed by atoms with van der Waals surface area (Å²) in [7, 11) is 0. The van der Waals surface area contributed by atoms with Crippen LogP contribution in [0.15, 0.2) is 24.3 Å². The first-order valence-corrected chi connectivity index (χ1v) is 3.62. The summed E-state index contributed by atoms with van der Waals surface area (Å²) in [6, 6.07) is 1.55. The van der Waals surface area contributed by atoms with Crippen LogP contribution in [0.5, 0.6) is 0 Å². The van der Waals surface area contributed by atoms with Gasteiger partial charge in [-0.15, -0.1) is 0 Å². The van der Waals surface area contributed by atoms with E-state index < -0.39 is 11.8 Å². The van der Waals surface area contributed by atoms with E-state index in [4.69, 9.17) is 5.11 Å². The molecular formula is C9H8FNO2. The molecule has 4 heteroatoms. The molecule has 0 aromatic carbocycles. The molecule has 0 unspecified atom stereocenters. The highest BCUT2D eigenvalue weighted by Gasteiger charge is 2.05. The normalized spacial score (nSPS) is 11.4. The molecule has 3 nitrogen and oxygen atoms in total. The number of halogens is 1. The third kappa shape index (κ3) is 2.37. The highest BCUT2D eigenvalue weighted by atomic mass is 19.1. The molecule has 0 spiro atoms. The number of hydrogen-bond acceptors (Lipinski definition) is 2. The first-order chi connectivity index (χ1) is 6.11. The zero-order chi connectivity index (χ0) is 9.84. The van der Waals surface area contributed by atoms with Gasteiger partial charge in [-0.05, 0) is 30.2 Å². The maximum absolute atomic E-state index is 12.6. The molecule has 0 saturated heterocycles. The van der Waals surface area contributed by atoms with Crippen LogP contribution in [0.25, 0.3) is 6.08 Å². The Morgan fingerprint density at radius 1 is 1.69 bits per heavy atom. The van der Waals surface area contributed by atoms with Crippen molar-refractivity contribution in [1.82, 2.24) is 4.98 Å². The van der Waals surface area contributed by atoms with Crippen LogP contribution in [0, 0.1) is 6.92 Å². The molecule has 0 amide bonds. The Morgan fingerprint density at radius 2 is 2.38 bits per heavy atom. The number of aryl methyl sites for hydroxylation is 1. The van der Waals surface area contributed by atoms with Gasteiger partial charge in [0.25, 0.3) is 0 Å². The highest BCUT2D eigenvalue weighted by Crippen LogP contribution is 2.11. The monoisotopic (exact) mass is 181 g/mol. The Kier molecular flexibility index (Phi) is 2.74. The molecule has 0 radical (unpaired) electrons. The third-order valence-electron chi connectivity index (χ3n) is 1.55. The SMILES string of the molecule is Cc1cnccc1/C=C(\F)C(=O)O. The van der Waals surface area contributed by atoms with Crippen molar-refractivity contribution in [2.45, 2.75) is 6.92 Å². The summed E-state index contributed by atoms with van der Waals surface area (Å²) in [6.45, 7) is 1.73. The van der Waals surface area contributed by atoms with Crippen molar-refractivity contribution in [2.75, 3.05) is 0 Å². The van der Waals surface area contributed by atoms with Crippen molar-refractivity contribution >= 4 is 12.0 Å². The van der Waals surface area contributed by atoms with Crippen molar-refractivity contribution in [1.29, 1.82) is 0 Å². The van der Waals surface area contributed by atoms with Crippen molar-refractivity contribution in [2.24, 2.45) is 0 Å². The lowest BCUT2D eigenvalue weighted by atomic mass is 10.1.